The van der Waals surface area contributed by atoms with Crippen molar-refractivity contribution in [3.63, 3.8) is 0 Å². The Morgan fingerprint density at radius 2 is 1.44 bits per heavy atom. The Bertz CT molecular complexity index is 615. The fourth-order valence-electron chi connectivity index (χ4n) is 4.35. The summed E-state index contributed by atoms with van der Waals surface area (Å²) in [6.45, 7) is 16.2. The van der Waals surface area contributed by atoms with E-state index in [-0.39, 0.29) is 27.9 Å². The Kier molecular flexibility index (Phi) is 7.01. The lowest BCUT2D eigenvalue weighted by Crippen LogP contribution is -2.55. The molecule has 3 amide bonds. The summed E-state index contributed by atoms with van der Waals surface area (Å²) in [4.78, 5) is 38.0. The summed E-state index contributed by atoms with van der Waals surface area (Å²) in [6.07, 6.45) is 6.53. The van der Waals surface area contributed by atoms with E-state index in [0.717, 1.165) is 6.42 Å². The molecule has 0 aromatic heterocycles. The summed E-state index contributed by atoms with van der Waals surface area (Å²) >= 11 is 1.81. The van der Waals surface area contributed by atoms with E-state index in [0.29, 0.717) is 12.8 Å². The van der Waals surface area contributed by atoms with Crippen molar-refractivity contribution in [3.8, 4) is 0 Å². The van der Waals surface area contributed by atoms with Gasteiger partial charge in [0.25, 0.3) is 11.8 Å². The molecule has 27 heavy (non-hydrogen) atoms. The molecule has 0 saturated carbocycles. The lowest BCUT2D eigenvalue weighted by atomic mass is 9.80. The second-order valence-corrected chi connectivity index (χ2v) is 11.8. The van der Waals surface area contributed by atoms with Gasteiger partial charge in [0.1, 0.15) is 0 Å². The molecule has 154 valence electrons. The minimum absolute atomic E-state index is 0.00472. The second-order valence-electron chi connectivity index (χ2n) is 10.2. The predicted octanol–water partition coefficient (Wildman–Crippen LogP) is 3.92. The molecule has 1 aliphatic rings. The molecule has 0 aliphatic carbocycles. The van der Waals surface area contributed by atoms with Crippen LogP contribution in [0.3, 0.4) is 0 Å². The monoisotopic (exact) mass is 396 g/mol. The van der Waals surface area contributed by atoms with Crippen molar-refractivity contribution in [1.29, 1.82) is 0 Å². The quantitative estimate of drug-likeness (QED) is 0.600. The zero-order valence-electron chi connectivity index (χ0n) is 18.4. The van der Waals surface area contributed by atoms with Crippen molar-refractivity contribution in [2.45, 2.75) is 90.5 Å². The molecule has 0 unspecified atom stereocenters. The summed E-state index contributed by atoms with van der Waals surface area (Å²) in [7, 11) is 0. The number of hydrogen-bond acceptors (Lipinski definition) is 4. The molecule has 0 aromatic rings. The summed E-state index contributed by atoms with van der Waals surface area (Å²) in [5.74, 6) is -0.602. The first kappa shape index (κ1) is 23.7. The Morgan fingerprint density at radius 1 is 0.963 bits per heavy atom. The van der Waals surface area contributed by atoms with Crippen LogP contribution in [-0.4, -0.2) is 44.7 Å². The van der Waals surface area contributed by atoms with E-state index in [1.54, 1.807) is 0 Å². The number of imide groups is 1. The highest BCUT2D eigenvalue weighted by Gasteiger charge is 2.41. The van der Waals surface area contributed by atoms with E-state index in [2.05, 4.69) is 39.3 Å². The zero-order valence-corrected chi connectivity index (χ0v) is 19.2. The summed E-state index contributed by atoms with van der Waals surface area (Å²) < 4.78 is 0.116. The standard InChI is InChI=1S/C21H36N2O3S/c1-18(2,13-21(7,8)27-9)12-15(24)22-19(3,4)14-20(5,6)23-16(25)10-11-17(23)26/h10-11H,12-14H2,1-9H3,(H,22,24). The van der Waals surface area contributed by atoms with Gasteiger partial charge in [0.2, 0.25) is 5.91 Å². The Morgan fingerprint density at radius 3 is 1.89 bits per heavy atom. The molecular weight excluding hydrogens is 360 g/mol. The minimum atomic E-state index is -0.690. The van der Waals surface area contributed by atoms with Crippen molar-refractivity contribution in [2.75, 3.05) is 6.26 Å². The first-order valence-corrected chi connectivity index (χ1v) is 10.7. The van der Waals surface area contributed by atoms with Crippen molar-refractivity contribution < 1.29 is 14.4 Å². The predicted molar refractivity (Wildman–Crippen MR) is 113 cm³/mol. The van der Waals surface area contributed by atoms with E-state index < -0.39 is 11.1 Å². The first-order chi connectivity index (χ1) is 12.0. The van der Waals surface area contributed by atoms with E-state index in [4.69, 9.17) is 0 Å². The number of rotatable bonds is 9. The van der Waals surface area contributed by atoms with Gasteiger partial charge in [-0.25, -0.2) is 0 Å². The fourth-order valence-corrected chi connectivity index (χ4v) is 4.88. The molecule has 0 aromatic carbocycles. The summed E-state index contributed by atoms with van der Waals surface area (Å²) in [5, 5.41) is 3.11. The number of carbonyl (C=O) groups excluding carboxylic acids is 3. The van der Waals surface area contributed by atoms with Gasteiger partial charge in [-0.2, -0.15) is 11.8 Å². The average molecular weight is 397 g/mol. The maximum absolute atomic E-state index is 12.7. The van der Waals surface area contributed by atoms with Crippen LogP contribution in [0.15, 0.2) is 12.2 Å². The highest BCUT2D eigenvalue weighted by atomic mass is 32.2. The third-order valence-electron chi connectivity index (χ3n) is 4.86. The van der Waals surface area contributed by atoms with Crippen LogP contribution in [0.2, 0.25) is 0 Å². The van der Waals surface area contributed by atoms with Crippen LogP contribution in [0.1, 0.15) is 74.7 Å². The number of nitrogens with zero attached hydrogens (tertiary/aromatic N) is 1. The van der Waals surface area contributed by atoms with Gasteiger partial charge in [0, 0.05) is 34.4 Å². The molecule has 1 aliphatic heterocycles. The SMILES string of the molecule is CSC(C)(C)CC(C)(C)CC(=O)NC(C)(C)CC(C)(C)N1C(=O)C=CC1=O. The number of hydrogen-bond donors (Lipinski definition) is 1. The van der Waals surface area contributed by atoms with E-state index in [1.165, 1.54) is 17.1 Å². The maximum atomic E-state index is 12.7. The zero-order chi connectivity index (χ0) is 21.3. The molecule has 1 N–H and O–H groups in total. The highest BCUT2D eigenvalue weighted by Crippen LogP contribution is 2.38. The largest absolute Gasteiger partial charge is 0.351 e. The molecular formula is C21H36N2O3S. The van der Waals surface area contributed by atoms with Gasteiger partial charge >= 0.3 is 0 Å². The molecule has 0 saturated heterocycles. The van der Waals surface area contributed by atoms with Gasteiger partial charge in [-0.05, 0) is 52.2 Å². The third kappa shape index (κ3) is 6.98. The molecule has 6 heteroatoms. The van der Waals surface area contributed by atoms with Crippen molar-refractivity contribution in [3.05, 3.63) is 12.2 Å². The molecule has 1 heterocycles. The maximum Gasteiger partial charge on any atom is 0.254 e. The molecule has 0 bridgehead atoms. The topological polar surface area (TPSA) is 66.5 Å². The van der Waals surface area contributed by atoms with Gasteiger partial charge in [-0.15, -0.1) is 0 Å². The van der Waals surface area contributed by atoms with Crippen LogP contribution in [0, 0.1) is 5.41 Å². The van der Waals surface area contributed by atoms with E-state index in [9.17, 15) is 14.4 Å². The van der Waals surface area contributed by atoms with Crippen molar-refractivity contribution in [2.24, 2.45) is 5.41 Å². The normalized spacial score (nSPS) is 16.3. The molecule has 0 spiro atoms. The number of carbonyl (C=O) groups is 3. The highest BCUT2D eigenvalue weighted by molar-refractivity contribution is 7.99. The van der Waals surface area contributed by atoms with Gasteiger partial charge in [-0.1, -0.05) is 27.7 Å². The Balaban J connectivity index is 2.75. The fraction of sp³-hybridized carbons (Fsp3) is 0.762. The lowest BCUT2D eigenvalue weighted by molar-refractivity contribution is -0.143. The third-order valence-corrected chi connectivity index (χ3v) is 6.11. The second kappa shape index (κ2) is 7.98. The molecule has 0 radical (unpaired) electrons. The van der Waals surface area contributed by atoms with Crippen LogP contribution in [0.5, 0.6) is 0 Å². The van der Waals surface area contributed by atoms with Crippen LogP contribution in [0.4, 0.5) is 0 Å². The molecule has 0 atom stereocenters. The molecule has 1 rings (SSSR count). The van der Waals surface area contributed by atoms with E-state index in [1.807, 2.05) is 39.5 Å². The van der Waals surface area contributed by atoms with Gasteiger partial charge in [0.05, 0.1) is 0 Å². The smallest absolute Gasteiger partial charge is 0.254 e. The Hall–Kier alpha value is -1.30. The summed E-state index contributed by atoms with van der Waals surface area (Å²) in [6, 6.07) is 0. The summed E-state index contributed by atoms with van der Waals surface area (Å²) in [5.41, 5.74) is -1.35. The Labute approximate surface area is 168 Å². The van der Waals surface area contributed by atoms with Crippen LogP contribution in [-0.2, 0) is 14.4 Å². The van der Waals surface area contributed by atoms with Gasteiger partial charge in [-0.3, -0.25) is 19.3 Å². The van der Waals surface area contributed by atoms with Crippen molar-refractivity contribution in [1.82, 2.24) is 10.2 Å². The van der Waals surface area contributed by atoms with Gasteiger partial charge < -0.3 is 5.32 Å². The number of amides is 3. The minimum Gasteiger partial charge on any atom is -0.351 e. The van der Waals surface area contributed by atoms with Crippen LogP contribution >= 0.6 is 11.8 Å². The van der Waals surface area contributed by atoms with Gasteiger partial charge in [0.15, 0.2) is 0 Å². The number of nitrogens with one attached hydrogen (secondary N) is 1. The molecule has 5 nitrogen and oxygen atoms in total. The van der Waals surface area contributed by atoms with Crippen molar-refractivity contribution >= 4 is 29.5 Å². The average Bonchev–Trinajstić information content (AvgIpc) is 2.74. The first-order valence-electron chi connectivity index (χ1n) is 9.43. The van der Waals surface area contributed by atoms with E-state index >= 15 is 0 Å². The van der Waals surface area contributed by atoms with Crippen LogP contribution < -0.4 is 5.32 Å². The van der Waals surface area contributed by atoms with Crippen LogP contribution in [0.25, 0.3) is 0 Å². The molecule has 0 fully saturated rings. The lowest BCUT2D eigenvalue weighted by Gasteiger charge is -2.41. The number of thioether (sulfide) groups is 1.